The number of carbonyl (C=O) groups excluding carboxylic acids is 1. The Morgan fingerprint density at radius 2 is 1.64 bits per heavy atom. The third-order valence-electron chi connectivity index (χ3n) is 3.17. The van der Waals surface area contributed by atoms with Crippen LogP contribution in [-0.2, 0) is 0 Å². The second-order valence-corrected chi connectivity index (χ2v) is 5.25. The van der Waals surface area contributed by atoms with Crippen molar-refractivity contribution in [3.05, 3.63) is 60.4 Å². The summed E-state index contributed by atoms with van der Waals surface area (Å²) in [6.45, 7) is 3.84. The molecule has 112 valence electrons. The highest BCUT2D eigenvalue weighted by atomic mass is 16.6. The van der Waals surface area contributed by atoms with Crippen LogP contribution in [0.3, 0.4) is 0 Å². The molecular formula is C18H17NO3. The molecule has 0 saturated heterocycles. The molecular weight excluding hydrogens is 278 g/mol. The summed E-state index contributed by atoms with van der Waals surface area (Å²) in [5, 5.41) is 4.37. The molecule has 0 bridgehead atoms. The van der Waals surface area contributed by atoms with Crippen LogP contribution in [0.2, 0.25) is 0 Å². The molecule has 0 unspecified atom stereocenters. The van der Waals surface area contributed by atoms with Crippen molar-refractivity contribution in [2.45, 2.75) is 20.0 Å². The Bertz CT molecular complexity index is 790. The van der Waals surface area contributed by atoms with Gasteiger partial charge in [-0.15, -0.1) is 0 Å². The van der Waals surface area contributed by atoms with Crippen LogP contribution in [0.25, 0.3) is 10.8 Å². The number of hydrogen-bond donors (Lipinski definition) is 1. The number of benzene rings is 2. The number of para-hydroxylation sites is 1. The smallest absolute Gasteiger partial charge is 0.293 e. The number of hydrogen-bond acceptors (Lipinski definition) is 3. The number of anilines is 1. The Balaban J connectivity index is 1.98. The molecule has 0 aliphatic rings. The second-order valence-electron chi connectivity index (χ2n) is 5.25. The number of nitrogens with one attached hydrogen (secondary N) is 1. The van der Waals surface area contributed by atoms with Gasteiger partial charge in [0.2, 0.25) is 5.76 Å². The number of rotatable bonds is 4. The fourth-order valence-corrected chi connectivity index (χ4v) is 2.24. The topological polar surface area (TPSA) is 51.5 Å². The molecule has 0 aliphatic carbocycles. The zero-order valence-electron chi connectivity index (χ0n) is 12.5. The van der Waals surface area contributed by atoms with Crippen LogP contribution in [0.1, 0.15) is 24.4 Å². The monoisotopic (exact) mass is 295 g/mol. The van der Waals surface area contributed by atoms with Gasteiger partial charge in [0.25, 0.3) is 11.9 Å². The van der Waals surface area contributed by atoms with E-state index >= 15 is 0 Å². The predicted octanol–water partition coefficient (Wildman–Crippen LogP) is 4.47. The van der Waals surface area contributed by atoms with Gasteiger partial charge in [-0.2, -0.15) is 0 Å². The van der Waals surface area contributed by atoms with Crippen molar-refractivity contribution < 1.29 is 13.9 Å². The number of carbonyl (C=O) groups is 1. The first-order valence-corrected chi connectivity index (χ1v) is 7.19. The van der Waals surface area contributed by atoms with Crippen molar-refractivity contribution in [3.8, 4) is 5.95 Å². The quantitative estimate of drug-likeness (QED) is 0.772. The number of amides is 1. The zero-order valence-corrected chi connectivity index (χ0v) is 12.5. The average Bonchev–Trinajstić information content (AvgIpc) is 2.87. The Hall–Kier alpha value is -2.75. The van der Waals surface area contributed by atoms with Crippen LogP contribution < -0.4 is 10.1 Å². The van der Waals surface area contributed by atoms with Crippen LogP contribution in [0.5, 0.6) is 5.95 Å². The fraction of sp³-hybridized carbons (Fsp3) is 0.167. The van der Waals surface area contributed by atoms with E-state index in [1.165, 1.54) is 0 Å². The minimum atomic E-state index is -0.291. The van der Waals surface area contributed by atoms with Crippen LogP contribution in [-0.4, -0.2) is 12.0 Å². The first kappa shape index (κ1) is 14.2. The van der Waals surface area contributed by atoms with E-state index < -0.39 is 0 Å². The second kappa shape index (κ2) is 5.93. The van der Waals surface area contributed by atoms with Crippen molar-refractivity contribution in [1.82, 2.24) is 0 Å². The van der Waals surface area contributed by atoms with E-state index in [1.54, 1.807) is 0 Å². The third-order valence-corrected chi connectivity index (χ3v) is 3.17. The van der Waals surface area contributed by atoms with Crippen LogP contribution in [0, 0.1) is 0 Å². The molecule has 1 N–H and O–H groups in total. The van der Waals surface area contributed by atoms with E-state index in [4.69, 9.17) is 9.15 Å². The SMILES string of the molecule is CC(C)Oc1oc(C(=O)Nc2ccccc2)c2ccccc12. The van der Waals surface area contributed by atoms with Crippen LogP contribution in [0.4, 0.5) is 5.69 Å². The molecule has 3 rings (SSSR count). The fourth-order valence-electron chi connectivity index (χ4n) is 2.24. The van der Waals surface area contributed by atoms with Gasteiger partial charge in [0.15, 0.2) is 0 Å². The molecule has 0 saturated carbocycles. The van der Waals surface area contributed by atoms with E-state index in [1.807, 2.05) is 68.4 Å². The van der Waals surface area contributed by atoms with Crippen LogP contribution in [0.15, 0.2) is 59.0 Å². The lowest BCUT2D eigenvalue weighted by molar-refractivity contribution is 0.0984. The molecule has 4 heteroatoms. The summed E-state index contributed by atoms with van der Waals surface area (Å²) in [5.41, 5.74) is 0.722. The molecule has 1 amide bonds. The minimum Gasteiger partial charge on any atom is -0.462 e. The van der Waals surface area contributed by atoms with Gasteiger partial charge in [0.05, 0.1) is 11.5 Å². The number of fused-ring (bicyclic) bond motifs is 1. The van der Waals surface area contributed by atoms with Crippen molar-refractivity contribution in [2.24, 2.45) is 0 Å². The maximum Gasteiger partial charge on any atom is 0.293 e. The number of ether oxygens (including phenoxy) is 1. The highest BCUT2D eigenvalue weighted by molar-refractivity contribution is 6.12. The van der Waals surface area contributed by atoms with E-state index in [0.29, 0.717) is 5.95 Å². The van der Waals surface area contributed by atoms with E-state index in [-0.39, 0.29) is 17.8 Å². The van der Waals surface area contributed by atoms with Gasteiger partial charge in [-0.25, -0.2) is 0 Å². The summed E-state index contributed by atoms with van der Waals surface area (Å²) in [6.07, 6.45) is -0.0282. The van der Waals surface area contributed by atoms with Gasteiger partial charge in [0, 0.05) is 11.1 Å². The first-order chi connectivity index (χ1) is 10.6. The molecule has 1 heterocycles. The Morgan fingerprint density at radius 3 is 2.32 bits per heavy atom. The van der Waals surface area contributed by atoms with Crippen molar-refractivity contribution in [3.63, 3.8) is 0 Å². The summed E-state index contributed by atoms with van der Waals surface area (Å²) >= 11 is 0. The highest BCUT2D eigenvalue weighted by Crippen LogP contribution is 2.33. The summed E-state index contributed by atoms with van der Waals surface area (Å²) < 4.78 is 11.3. The summed E-state index contributed by atoms with van der Waals surface area (Å²) in [5.74, 6) is 0.347. The molecule has 0 radical (unpaired) electrons. The Kier molecular flexibility index (Phi) is 3.83. The maximum atomic E-state index is 12.5. The van der Waals surface area contributed by atoms with Gasteiger partial charge in [-0.3, -0.25) is 4.79 Å². The predicted molar refractivity (Wildman–Crippen MR) is 86.4 cm³/mol. The van der Waals surface area contributed by atoms with E-state index in [9.17, 15) is 4.79 Å². The largest absolute Gasteiger partial charge is 0.462 e. The molecule has 2 aromatic carbocycles. The lowest BCUT2D eigenvalue weighted by atomic mass is 10.1. The van der Waals surface area contributed by atoms with Crippen LogP contribution >= 0.6 is 0 Å². The lowest BCUT2D eigenvalue weighted by Crippen LogP contribution is -2.11. The molecule has 0 atom stereocenters. The molecule has 4 nitrogen and oxygen atoms in total. The van der Waals surface area contributed by atoms with E-state index in [2.05, 4.69) is 5.32 Å². The molecule has 22 heavy (non-hydrogen) atoms. The zero-order chi connectivity index (χ0) is 15.5. The standard InChI is InChI=1S/C18H17NO3/c1-12(2)21-18-15-11-7-6-10-14(15)16(22-18)17(20)19-13-8-4-3-5-9-13/h3-12H,1-2H3,(H,19,20). The summed E-state index contributed by atoms with van der Waals surface area (Å²) in [7, 11) is 0. The minimum absolute atomic E-state index is 0.0282. The molecule has 0 aliphatic heterocycles. The van der Waals surface area contributed by atoms with Gasteiger partial charge in [-0.1, -0.05) is 36.4 Å². The van der Waals surface area contributed by atoms with Gasteiger partial charge < -0.3 is 14.5 Å². The van der Waals surface area contributed by atoms with Gasteiger partial charge in [-0.05, 0) is 32.0 Å². The maximum absolute atomic E-state index is 12.5. The Labute approximate surface area is 128 Å². The molecule has 1 aromatic heterocycles. The third kappa shape index (κ3) is 2.81. The summed E-state index contributed by atoms with van der Waals surface area (Å²) in [4.78, 5) is 12.5. The normalized spacial score (nSPS) is 10.9. The first-order valence-electron chi connectivity index (χ1n) is 7.19. The van der Waals surface area contributed by atoms with Crippen molar-refractivity contribution >= 4 is 22.4 Å². The van der Waals surface area contributed by atoms with E-state index in [0.717, 1.165) is 16.5 Å². The van der Waals surface area contributed by atoms with Crippen molar-refractivity contribution in [2.75, 3.05) is 5.32 Å². The molecule has 3 aromatic rings. The van der Waals surface area contributed by atoms with Crippen molar-refractivity contribution in [1.29, 1.82) is 0 Å². The van der Waals surface area contributed by atoms with Gasteiger partial charge in [0.1, 0.15) is 0 Å². The summed E-state index contributed by atoms with van der Waals surface area (Å²) in [6, 6.07) is 16.8. The highest BCUT2D eigenvalue weighted by Gasteiger charge is 2.20. The molecule has 0 spiro atoms. The number of furan rings is 1. The van der Waals surface area contributed by atoms with Gasteiger partial charge >= 0.3 is 0 Å². The Morgan fingerprint density at radius 1 is 1.00 bits per heavy atom. The molecule has 0 fully saturated rings. The average molecular weight is 295 g/mol. The lowest BCUT2D eigenvalue weighted by Gasteiger charge is -2.06.